The van der Waals surface area contributed by atoms with Gasteiger partial charge in [0.1, 0.15) is 38.8 Å². The third kappa shape index (κ3) is 7.24. The Labute approximate surface area is 342 Å². The highest BCUT2D eigenvalue weighted by Crippen LogP contribution is 2.45. The molecule has 0 unspecified atom stereocenters. The number of carbonyl (C=O) groups is 5. The van der Waals surface area contributed by atoms with Gasteiger partial charge in [0.15, 0.2) is 11.5 Å². The van der Waals surface area contributed by atoms with Crippen LogP contribution in [0.25, 0.3) is 11.1 Å². The van der Waals surface area contributed by atoms with Gasteiger partial charge in [-0.15, -0.1) is 0 Å². The summed E-state index contributed by atoms with van der Waals surface area (Å²) >= 11 is 3.21. The second kappa shape index (κ2) is 15.9. The number of aromatic hydroxyl groups is 2. The fourth-order valence-corrected chi connectivity index (χ4v) is 7.63. The van der Waals surface area contributed by atoms with E-state index in [-0.39, 0.29) is 66.6 Å². The molecule has 1 aliphatic rings. The number of hydrogen-bond acceptors (Lipinski definition) is 12. The maximum absolute atomic E-state index is 14.1. The van der Waals surface area contributed by atoms with E-state index in [0.717, 1.165) is 12.2 Å². The van der Waals surface area contributed by atoms with E-state index >= 15 is 0 Å². The molecule has 0 saturated heterocycles. The first-order chi connectivity index (χ1) is 27.1. The lowest BCUT2D eigenvalue weighted by Gasteiger charge is -2.30. The number of phenols is 2. The van der Waals surface area contributed by atoms with Crippen molar-refractivity contribution in [2.45, 2.75) is 67.9 Å². The van der Waals surface area contributed by atoms with Gasteiger partial charge in [-0.1, -0.05) is 12.1 Å². The number of phenolic OH excluding ortho intramolecular Hbond substituents is 2. The van der Waals surface area contributed by atoms with Crippen molar-refractivity contribution in [1.29, 1.82) is 0 Å². The second-order valence-electron chi connectivity index (χ2n) is 14.1. The van der Waals surface area contributed by atoms with Gasteiger partial charge in [-0.25, -0.2) is 19.2 Å². The van der Waals surface area contributed by atoms with Crippen molar-refractivity contribution >= 4 is 45.6 Å². The van der Waals surface area contributed by atoms with Crippen LogP contribution in [-0.2, 0) is 14.3 Å². The first-order valence-electron chi connectivity index (χ1n) is 17.7. The number of methoxy groups -OCH3 is 1. The minimum absolute atomic E-state index is 0.0477. The molecule has 0 spiro atoms. The number of ether oxygens (including phenoxy) is 4. The highest BCUT2D eigenvalue weighted by molar-refractivity contribution is 9.10. The van der Waals surface area contributed by atoms with Crippen molar-refractivity contribution in [3.63, 3.8) is 0 Å². The van der Waals surface area contributed by atoms with Crippen LogP contribution in [0, 0.1) is 55.4 Å². The third-order valence-electron chi connectivity index (χ3n) is 10.7. The van der Waals surface area contributed by atoms with Crippen molar-refractivity contribution in [1.82, 2.24) is 0 Å². The van der Waals surface area contributed by atoms with E-state index in [2.05, 4.69) is 15.9 Å². The van der Waals surface area contributed by atoms with Crippen LogP contribution in [0.1, 0.15) is 82.5 Å². The van der Waals surface area contributed by atoms with Crippen molar-refractivity contribution in [3.05, 3.63) is 119 Å². The first kappa shape index (κ1) is 42.9. The number of aromatic carboxylic acids is 1. The van der Waals surface area contributed by atoms with Gasteiger partial charge in [-0.2, -0.15) is 0 Å². The van der Waals surface area contributed by atoms with Gasteiger partial charge in [-0.3, -0.25) is 4.79 Å². The average molecular weight is 858 g/mol. The molecule has 4 aromatic rings. The van der Waals surface area contributed by atoms with Gasteiger partial charge < -0.3 is 39.4 Å². The molecule has 5 rings (SSSR count). The topological polar surface area (TPSA) is 203 Å². The molecule has 0 radical (unpaired) electrons. The number of carbonyl (C=O) groups excluding carboxylic acids is 4. The minimum Gasteiger partial charge on any atom is -0.508 e. The maximum Gasteiger partial charge on any atom is 0.356 e. The Bertz CT molecular complexity index is 2530. The lowest BCUT2D eigenvalue weighted by molar-refractivity contribution is -0.151. The highest BCUT2D eigenvalue weighted by Gasteiger charge is 2.48. The number of esters is 3. The number of rotatable bonds is 9. The fraction of sp³-hybridized carbons (Fsp3) is 0.250. The third-order valence-corrected chi connectivity index (χ3v) is 11.4. The van der Waals surface area contributed by atoms with Crippen molar-refractivity contribution in [2.75, 3.05) is 7.11 Å². The maximum atomic E-state index is 14.1. The molecule has 0 aromatic heterocycles. The van der Waals surface area contributed by atoms with Gasteiger partial charge in [0.2, 0.25) is 5.60 Å². The van der Waals surface area contributed by atoms with Gasteiger partial charge in [-0.05, 0) is 158 Å². The Morgan fingerprint density at radius 2 is 1.28 bits per heavy atom. The van der Waals surface area contributed by atoms with Crippen molar-refractivity contribution in [3.8, 4) is 39.9 Å². The number of aryl methyl sites for hydroxylation is 1. The molecule has 0 heterocycles. The van der Waals surface area contributed by atoms with Crippen molar-refractivity contribution < 1.29 is 63.3 Å². The minimum atomic E-state index is -2.45. The number of ketones is 1. The predicted octanol–water partition coefficient (Wildman–Crippen LogP) is 7.83. The van der Waals surface area contributed by atoms with Gasteiger partial charge >= 0.3 is 23.9 Å². The molecular formula is C44H41BrO13. The van der Waals surface area contributed by atoms with Gasteiger partial charge in [0, 0.05) is 11.6 Å². The number of benzene rings is 4. The summed E-state index contributed by atoms with van der Waals surface area (Å²) in [6.07, 6.45) is 2.02. The number of carboxylic acids is 1. The average Bonchev–Trinajstić information content (AvgIpc) is 3.14. The summed E-state index contributed by atoms with van der Waals surface area (Å²) in [6.45, 7) is 14.2. The summed E-state index contributed by atoms with van der Waals surface area (Å²) in [5.74, 6) is -5.68. The molecular weight excluding hydrogens is 816 g/mol. The molecule has 0 aliphatic heterocycles. The number of allylic oxidation sites excluding steroid dienone is 2. The number of carboxylic acid groups (broad SMARTS) is 1. The fourth-order valence-electron chi connectivity index (χ4n) is 7.05. The molecule has 0 fully saturated rings. The van der Waals surface area contributed by atoms with E-state index in [9.17, 15) is 44.4 Å². The molecule has 0 bridgehead atoms. The van der Waals surface area contributed by atoms with Crippen LogP contribution in [0.3, 0.4) is 0 Å². The van der Waals surface area contributed by atoms with Crippen LogP contribution >= 0.6 is 15.9 Å². The number of aliphatic hydroxyl groups is 1. The van der Waals surface area contributed by atoms with Crippen LogP contribution in [0.15, 0.2) is 58.3 Å². The summed E-state index contributed by atoms with van der Waals surface area (Å²) in [7, 11) is 1.18. The molecule has 4 aromatic carbocycles. The van der Waals surface area contributed by atoms with E-state index in [1.165, 1.54) is 46.1 Å². The Morgan fingerprint density at radius 3 is 1.88 bits per heavy atom. The molecule has 0 amide bonds. The number of halogens is 1. The zero-order valence-electron chi connectivity index (χ0n) is 33.4. The SMILES string of the molecule is COC1=CC(=O)C=C(C)[C@]1(O)C(=O)Oc1c(C)c(C)c(C(=O)Oc2cc(C)c(C(=O)Oc3c(C)c(C)c(C(=O)O)c(C)c3-c3cccc(O)c3)c(C)c2C)c(O)c1Br. The molecule has 4 N–H and O–H groups in total. The quantitative estimate of drug-likeness (QED) is 0.0938. The van der Waals surface area contributed by atoms with E-state index in [1.807, 2.05) is 0 Å². The van der Waals surface area contributed by atoms with Gasteiger partial charge in [0.05, 0.1) is 18.2 Å². The van der Waals surface area contributed by atoms with Crippen LogP contribution in [0.4, 0.5) is 0 Å². The van der Waals surface area contributed by atoms with Crippen molar-refractivity contribution in [2.24, 2.45) is 0 Å². The lowest BCUT2D eigenvalue weighted by atomic mass is 9.87. The molecule has 1 atom stereocenters. The van der Waals surface area contributed by atoms with Gasteiger partial charge in [0.25, 0.3) is 0 Å². The lowest BCUT2D eigenvalue weighted by Crippen LogP contribution is -2.47. The molecule has 302 valence electrons. The highest BCUT2D eigenvalue weighted by atomic mass is 79.9. The molecule has 58 heavy (non-hydrogen) atoms. The molecule has 13 nitrogen and oxygen atoms in total. The predicted molar refractivity (Wildman–Crippen MR) is 215 cm³/mol. The monoisotopic (exact) mass is 856 g/mol. The Kier molecular flexibility index (Phi) is 11.8. The molecule has 1 aliphatic carbocycles. The molecule has 0 saturated carbocycles. The van der Waals surface area contributed by atoms with Crippen LogP contribution in [-0.4, -0.2) is 62.8 Å². The standard InChI is InChI=1S/C44H41BrO13/c1-18-14-30(56-42(52)35-23(6)25(8)39(36(45)37(35)48)58-43(53)44(54)19(2)15-29(47)17-31(44)55-10)20(3)21(4)32(18)41(51)57-38-24(7)22(5)33(40(49)50)26(9)34(38)27-12-11-13-28(46)16-27/h11-17,46,48,54H,1-10H3,(H,49,50)/t44-/m1/s1. The summed E-state index contributed by atoms with van der Waals surface area (Å²) in [5.41, 5.74) is 0.964. The normalized spacial score (nSPS) is 15.0. The first-order valence-corrected chi connectivity index (χ1v) is 18.5. The van der Waals surface area contributed by atoms with Crippen LogP contribution in [0.5, 0.6) is 28.7 Å². The Hall–Kier alpha value is -6.25. The van der Waals surface area contributed by atoms with E-state index in [1.54, 1.807) is 53.7 Å². The van der Waals surface area contributed by atoms with E-state index in [4.69, 9.17) is 18.9 Å². The summed E-state index contributed by atoms with van der Waals surface area (Å²) in [5, 5.41) is 42.9. The van der Waals surface area contributed by atoms with Crippen LogP contribution < -0.4 is 14.2 Å². The second-order valence-corrected chi connectivity index (χ2v) is 14.9. The largest absolute Gasteiger partial charge is 0.508 e. The summed E-state index contributed by atoms with van der Waals surface area (Å²) in [6, 6.07) is 7.65. The zero-order chi connectivity index (χ0) is 43.3. The summed E-state index contributed by atoms with van der Waals surface area (Å²) in [4.78, 5) is 65.6. The smallest absolute Gasteiger partial charge is 0.356 e. The van der Waals surface area contributed by atoms with E-state index in [0.29, 0.717) is 44.5 Å². The Morgan fingerprint density at radius 1 is 0.690 bits per heavy atom. The van der Waals surface area contributed by atoms with E-state index < -0.39 is 41.0 Å². The Balaban J connectivity index is 1.49. The van der Waals surface area contributed by atoms with Crippen LogP contribution in [0.2, 0.25) is 0 Å². The number of hydrogen-bond donors (Lipinski definition) is 4. The zero-order valence-corrected chi connectivity index (χ0v) is 35.0. The summed E-state index contributed by atoms with van der Waals surface area (Å²) < 4.78 is 22.4. The molecule has 14 heteroatoms.